The third-order valence-corrected chi connectivity index (χ3v) is 2.34. The fourth-order valence-electron chi connectivity index (χ4n) is 1.61. The summed E-state index contributed by atoms with van der Waals surface area (Å²) in [6.45, 7) is 3.81. The number of hydrogen-bond acceptors (Lipinski definition) is 0. The fourth-order valence-corrected chi connectivity index (χ4v) is 1.61. The summed E-state index contributed by atoms with van der Waals surface area (Å²) in [7, 11) is 0. The zero-order chi connectivity index (χ0) is 12.2. The van der Waals surface area contributed by atoms with Crippen LogP contribution in [0.15, 0.2) is 24.3 Å². The molecule has 0 amide bonds. The Bertz CT molecular complexity index is 375. The van der Waals surface area contributed by atoms with Crippen LogP contribution in [0, 0.1) is 0 Å². The van der Waals surface area contributed by atoms with Crippen LogP contribution in [-0.4, -0.2) is 0 Å². The van der Waals surface area contributed by atoms with E-state index in [1.165, 1.54) is 12.1 Å². The Labute approximate surface area is 93.8 Å². The molecule has 16 heavy (non-hydrogen) atoms. The molecule has 0 N–H and O–H groups in total. The second-order valence-corrected chi connectivity index (χ2v) is 3.66. The molecular formula is C13H15F3. The molecule has 88 valence electrons. The number of rotatable bonds is 3. The van der Waals surface area contributed by atoms with Gasteiger partial charge in [0.1, 0.15) is 0 Å². The van der Waals surface area contributed by atoms with Crippen LogP contribution in [0.4, 0.5) is 13.2 Å². The molecule has 1 rings (SSSR count). The highest BCUT2D eigenvalue weighted by Crippen LogP contribution is 2.31. The molecule has 0 aliphatic heterocycles. The molecule has 1 aromatic carbocycles. The first-order valence-electron chi connectivity index (χ1n) is 5.31. The lowest BCUT2D eigenvalue weighted by molar-refractivity contribution is -0.137. The molecule has 0 aliphatic rings. The van der Waals surface area contributed by atoms with E-state index in [4.69, 9.17) is 0 Å². The normalized spacial score (nSPS) is 12.3. The van der Waals surface area contributed by atoms with Crippen molar-refractivity contribution in [3.8, 4) is 0 Å². The van der Waals surface area contributed by atoms with Crippen LogP contribution in [0.3, 0.4) is 0 Å². The molecule has 0 heterocycles. The van der Waals surface area contributed by atoms with Gasteiger partial charge in [-0.05, 0) is 36.6 Å². The smallest absolute Gasteiger partial charge is 0.166 e. The molecule has 0 spiro atoms. The SMILES string of the molecule is C/C=C/c1ccc(C(F)(F)F)cc1CCC. The van der Waals surface area contributed by atoms with Gasteiger partial charge in [-0.3, -0.25) is 0 Å². The molecule has 3 heteroatoms. The van der Waals surface area contributed by atoms with Gasteiger partial charge in [-0.15, -0.1) is 0 Å². The van der Waals surface area contributed by atoms with Crippen molar-refractivity contribution in [3.05, 3.63) is 41.0 Å². The van der Waals surface area contributed by atoms with E-state index in [0.717, 1.165) is 23.6 Å². The quantitative estimate of drug-likeness (QED) is 0.704. The molecule has 0 atom stereocenters. The van der Waals surface area contributed by atoms with Crippen molar-refractivity contribution >= 4 is 6.08 Å². The lowest BCUT2D eigenvalue weighted by atomic mass is 9.99. The van der Waals surface area contributed by atoms with Gasteiger partial charge in [-0.1, -0.05) is 31.6 Å². The third-order valence-electron chi connectivity index (χ3n) is 2.34. The molecule has 0 radical (unpaired) electrons. The average molecular weight is 228 g/mol. The van der Waals surface area contributed by atoms with Crippen LogP contribution >= 0.6 is 0 Å². The summed E-state index contributed by atoms with van der Waals surface area (Å²) in [4.78, 5) is 0. The van der Waals surface area contributed by atoms with Gasteiger partial charge in [0.25, 0.3) is 0 Å². The Balaban J connectivity index is 3.17. The van der Waals surface area contributed by atoms with E-state index in [2.05, 4.69) is 0 Å². The van der Waals surface area contributed by atoms with Crippen LogP contribution in [0.2, 0.25) is 0 Å². The number of benzene rings is 1. The van der Waals surface area contributed by atoms with Crippen LogP contribution in [-0.2, 0) is 12.6 Å². The van der Waals surface area contributed by atoms with Gasteiger partial charge in [0, 0.05) is 0 Å². The van der Waals surface area contributed by atoms with Crippen LogP contribution in [0.25, 0.3) is 6.08 Å². The minimum absolute atomic E-state index is 0.566. The summed E-state index contributed by atoms with van der Waals surface area (Å²) in [5, 5.41) is 0. The van der Waals surface area contributed by atoms with Gasteiger partial charge < -0.3 is 0 Å². The highest BCUT2D eigenvalue weighted by atomic mass is 19.4. The number of aryl methyl sites for hydroxylation is 1. The molecule has 0 saturated carbocycles. The standard InChI is InChI=1S/C13H15F3/c1-3-5-10-7-8-12(13(14,15)16)9-11(10)6-4-2/h3,5,7-9H,4,6H2,1-2H3/b5-3+. The Morgan fingerprint density at radius 3 is 2.44 bits per heavy atom. The summed E-state index contributed by atoms with van der Waals surface area (Å²) in [5.41, 5.74) is 1.07. The van der Waals surface area contributed by atoms with Crippen molar-refractivity contribution in [2.24, 2.45) is 0 Å². The first-order chi connectivity index (χ1) is 7.49. The topological polar surface area (TPSA) is 0 Å². The van der Waals surface area contributed by atoms with Crippen molar-refractivity contribution < 1.29 is 13.2 Å². The lowest BCUT2D eigenvalue weighted by Gasteiger charge is -2.11. The maximum absolute atomic E-state index is 12.5. The Hall–Kier alpha value is -1.25. The Morgan fingerprint density at radius 1 is 1.25 bits per heavy atom. The fraction of sp³-hybridized carbons (Fsp3) is 0.385. The number of hydrogen-bond donors (Lipinski definition) is 0. The molecule has 0 aliphatic carbocycles. The summed E-state index contributed by atoms with van der Waals surface area (Å²) in [6.07, 6.45) is 0.930. The van der Waals surface area contributed by atoms with E-state index in [0.29, 0.717) is 6.42 Å². The zero-order valence-corrected chi connectivity index (χ0v) is 9.43. The molecule has 0 unspecified atom stereocenters. The van der Waals surface area contributed by atoms with Crippen molar-refractivity contribution in [2.45, 2.75) is 32.9 Å². The van der Waals surface area contributed by atoms with Gasteiger partial charge in [-0.25, -0.2) is 0 Å². The summed E-state index contributed by atoms with van der Waals surface area (Å²) in [5.74, 6) is 0. The molecule has 0 nitrogen and oxygen atoms in total. The predicted molar refractivity (Wildman–Crippen MR) is 60.1 cm³/mol. The highest BCUT2D eigenvalue weighted by Gasteiger charge is 2.30. The van der Waals surface area contributed by atoms with E-state index >= 15 is 0 Å². The second kappa shape index (κ2) is 5.19. The van der Waals surface area contributed by atoms with E-state index in [-0.39, 0.29) is 0 Å². The first kappa shape index (κ1) is 12.8. The van der Waals surface area contributed by atoms with E-state index < -0.39 is 11.7 Å². The molecule has 0 saturated heterocycles. The largest absolute Gasteiger partial charge is 0.416 e. The minimum atomic E-state index is -4.25. The summed E-state index contributed by atoms with van der Waals surface area (Å²) in [6, 6.07) is 3.92. The molecule has 1 aromatic rings. The van der Waals surface area contributed by atoms with Gasteiger partial charge in [0.15, 0.2) is 0 Å². The van der Waals surface area contributed by atoms with E-state index in [1.807, 2.05) is 26.0 Å². The number of allylic oxidation sites excluding steroid dienone is 1. The predicted octanol–water partition coefficient (Wildman–Crippen LogP) is 4.69. The number of halogens is 3. The minimum Gasteiger partial charge on any atom is -0.166 e. The molecular weight excluding hydrogens is 213 g/mol. The van der Waals surface area contributed by atoms with Gasteiger partial charge in [0.05, 0.1) is 5.56 Å². The molecule has 0 bridgehead atoms. The van der Waals surface area contributed by atoms with Crippen LogP contribution < -0.4 is 0 Å². The highest BCUT2D eigenvalue weighted by molar-refractivity contribution is 5.54. The van der Waals surface area contributed by atoms with Gasteiger partial charge in [-0.2, -0.15) is 13.2 Å². The maximum atomic E-state index is 12.5. The van der Waals surface area contributed by atoms with E-state index in [1.54, 1.807) is 0 Å². The maximum Gasteiger partial charge on any atom is 0.416 e. The van der Waals surface area contributed by atoms with Crippen molar-refractivity contribution in [1.82, 2.24) is 0 Å². The van der Waals surface area contributed by atoms with Crippen LogP contribution in [0.5, 0.6) is 0 Å². The zero-order valence-electron chi connectivity index (χ0n) is 9.43. The van der Waals surface area contributed by atoms with Gasteiger partial charge >= 0.3 is 6.18 Å². The monoisotopic (exact) mass is 228 g/mol. The second-order valence-electron chi connectivity index (χ2n) is 3.66. The third kappa shape index (κ3) is 3.12. The first-order valence-corrected chi connectivity index (χ1v) is 5.31. The summed E-state index contributed by atoms with van der Waals surface area (Å²) < 4.78 is 37.5. The molecule has 0 fully saturated rings. The van der Waals surface area contributed by atoms with Gasteiger partial charge in [0.2, 0.25) is 0 Å². The summed E-state index contributed by atoms with van der Waals surface area (Å²) >= 11 is 0. The molecule has 0 aromatic heterocycles. The van der Waals surface area contributed by atoms with E-state index in [9.17, 15) is 13.2 Å². The van der Waals surface area contributed by atoms with Crippen molar-refractivity contribution in [2.75, 3.05) is 0 Å². The van der Waals surface area contributed by atoms with Crippen molar-refractivity contribution in [3.63, 3.8) is 0 Å². The Kier molecular flexibility index (Phi) is 4.16. The van der Waals surface area contributed by atoms with Crippen molar-refractivity contribution in [1.29, 1.82) is 0 Å². The number of alkyl halides is 3. The average Bonchev–Trinajstić information content (AvgIpc) is 2.19. The van der Waals surface area contributed by atoms with Crippen LogP contribution in [0.1, 0.15) is 37.0 Å². The Morgan fingerprint density at radius 2 is 1.94 bits per heavy atom. The lowest BCUT2D eigenvalue weighted by Crippen LogP contribution is -2.06.